The van der Waals surface area contributed by atoms with Crippen LogP contribution in [0.15, 0.2) is 12.7 Å². The summed E-state index contributed by atoms with van der Waals surface area (Å²) in [5, 5.41) is 3.19. The normalized spacial score (nSPS) is 21.1. The van der Waals surface area contributed by atoms with Crippen LogP contribution in [0, 0.1) is 0 Å². The molecule has 0 bridgehead atoms. The standard InChI is InChI=1S/C10H20N2O2S2/c1-2-7-15-8-6-12-16(13,14)9-10-4-3-5-11-10/h2,10-12H,1,3-9H2. The van der Waals surface area contributed by atoms with Crippen molar-refractivity contribution in [1.29, 1.82) is 0 Å². The molecule has 2 N–H and O–H groups in total. The van der Waals surface area contributed by atoms with Crippen LogP contribution in [0.25, 0.3) is 0 Å². The molecule has 0 aromatic carbocycles. The van der Waals surface area contributed by atoms with Crippen molar-refractivity contribution in [3.05, 3.63) is 12.7 Å². The highest BCUT2D eigenvalue weighted by Gasteiger charge is 2.21. The van der Waals surface area contributed by atoms with E-state index in [9.17, 15) is 8.42 Å². The van der Waals surface area contributed by atoms with E-state index in [1.165, 1.54) is 0 Å². The molecule has 94 valence electrons. The zero-order valence-electron chi connectivity index (χ0n) is 9.44. The average molecular weight is 264 g/mol. The molecule has 16 heavy (non-hydrogen) atoms. The molecule has 1 unspecified atom stereocenters. The van der Waals surface area contributed by atoms with Gasteiger partial charge in [0.2, 0.25) is 10.0 Å². The number of thioether (sulfide) groups is 1. The van der Waals surface area contributed by atoms with E-state index in [0.29, 0.717) is 6.54 Å². The van der Waals surface area contributed by atoms with E-state index in [1.54, 1.807) is 11.8 Å². The second kappa shape index (κ2) is 7.32. The van der Waals surface area contributed by atoms with Gasteiger partial charge in [-0.05, 0) is 19.4 Å². The molecule has 0 aromatic heterocycles. The molecule has 1 fully saturated rings. The lowest BCUT2D eigenvalue weighted by Gasteiger charge is -2.11. The molecule has 0 spiro atoms. The average Bonchev–Trinajstić information content (AvgIpc) is 2.69. The smallest absolute Gasteiger partial charge is 0.213 e. The summed E-state index contributed by atoms with van der Waals surface area (Å²) in [6.45, 7) is 5.06. The summed E-state index contributed by atoms with van der Waals surface area (Å²) in [6, 6.07) is 0.137. The minimum Gasteiger partial charge on any atom is -0.313 e. The van der Waals surface area contributed by atoms with Crippen LogP contribution in [-0.4, -0.2) is 44.8 Å². The summed E-state index contributed by atoms with van der Waals surface area (Å²) in [5.41, 5.74) is 0. The second-order valence-corrected chi connectivity index (χ2v) is 6.83. The maximum Gasteiger partial charge on any atom is 0.213 e. The lowest BCUT2D eigenvalue weighted by Crippen LogP contribution is -2.37. The van der Waals surface area contributed by atoms with Gasteiger partial charge in [-0.15, -0.1) is 6.58 Å². The van der Waals surface area contributed by atoms with E-state index in [4.69, 9.17) is 0 Å². The van der Waals surface area contributed by atoms with Gasteiger partial charge >= 0.3 is 0 Å². The van der Waals surface area contributed by atoms with Gasteiger partial charge in [-0.3, -0.25) is 0 Å². The number of nitrogens with one attached hydrogen (secondary N) is 2. The molecule has 4 nitrogen and oxygen atoms in total. The van der Waals surface area contributed by atoms with Crippen LogP contribution in [0.4, 0.5) is 0 Å². The zero-order valence-corrected chi connectivity index (χ0v) is 11.1. The largest absolute Gasteiger partial charge is 0.313 e. The molecule has 1 aliphatic rings. The summed E-state index contributed by atoms with van der Waals surface area (Å²) in [7, 11) is -3.10. The molecular weight excluding hydrogens is 244 g/mol. The summed E-state index contributed by atoms with van der Waals surface area (Å²) in [6.07, 6.45) is 3.86. The van der Waals surface area contributed by atoms with Crippen LogP contribution in [0.5, 0.6) is 0 Å². The van der Waals surface area contributed by atoms with E-state index >= 15 is 0 Å². The number of sulfonamides is 1. The monoisotopic (exact) mass is 264 g/mol. The Morgan fingerprint density at radius 3 is 3.00 bits per heavy atom. The van der Waals surface area contributed by atoms with Crippen LogP contribution >= 0.6 is 11.8 Å². The lowest BCUT2D eigenvalue weighted by atomic mass is 10.3. The third-order valence-electron chi connectivity index (χ3n) is 2.39. The quantitative estimate of drug-likeness (QED) is 0.497. The third-order valence-corrected chi connectivity index (χ3v) is 4.84. The van der Waals surface area contributed by atoms with Crippen LogP contribution in [0.3, 0.4) is 0 Å². The molecule has 1 aliphatic heterocycles. The van der Waals surface area contributed by atoms with Gasteiger partial charge in [0.15, 0.2) is 0 Å². The third kappa shape index (κ3) is 5.89. The number of hydrogen-bond donors (Lipinski definition) is 2. The van der Waals surface area contributed by atoms with Crippen molar-refractivity contribution in [2.75, 3.05) is 30.3 Å². The number of rotatable bonds is 8. The first-order valence-corrected chi connectivity index (χ1v) is 8.34. The molecule has 0 aliphatic carbocycles. The first-order chi connectivity index (χ1) is 7.64. The van der Waals surface area contributed by atoms with Crippen molar-refractivity contribution in [3.8, 4) is 0 Å². The van der Waals surface area contributed by atoms with E-state index in [0.717, 1.165) is 30.9 Å². The predicted molar refractivity (Wildman–Crippen MR) is 70.3 cm³/mol. The zero-order chi connectivity index (χ0) is 11.9. The van der Waals surface area contributed by atoms with Crippen molar-refractivity contribution in [3.63, 3.8) is 0 Å². The Hall–Kier alpha value is -0.0400. The minimum atomic E-state index is -3.10. The highest BCUT2D eigenvalue weighted by Crippen LogP contribution is 2.07. The molecular formula is C10H20N2O2S2. The van der Waals surface area contributed by atoms with Gasteiger partial charge in [0.25, 0.3) is 0 Å². The Bertz CT molecular complexity index is 298. The van der Waals surface area contributed by atoms with Crippen LogP contribution in [0.1, 0.15) is 12.8 Å². The molecule has 0 aromatic rings. The second-order valence-electron chi connectivity index (χ2n) is 3.83. The Kier molecular flexibility index (Phi) is 6.41. The highest BCUT2D eigenvalue weighted by molar-refractivity contribution is 7.99. The Balaban J connectivity index is 2.15. The van der Waals surface area contributed by atoms with Crippen molar-refractivity contribution in [1.82, 2.24) is 10.0 Å². The van der Waals surface area contributed by atoms with Gasteiger partial charge in [-0.1, -0.05) is 6.08 Å². The van der Waals surface area contributed by atoms with E-state index in [-0.39, 0.29) is 11.8 Å². The molecule has 6 heteroatoms. The van der Waals surface area contributed by atoms with E-state index in [2.05, 4.69) is 16.6 Å². The summed E-state index contributed by atoms with van der Waals surface area (Å²) in [5.74, 6) is 1.87. The van der Waals surface area contributed by atoms with Crippen molar-refractivity contribution in [2.45, 2.75) is 18.9 Å². The summed E-state index contributed by atoms with van der Waals surface area (Å²) < 4.78 is 25.9. The molecule has 0 saturated carbocycles. The maximum atomic E-state index is 11.6. The number of hydrogen-bond acceptors (Lipinski definition) is 4. The van der Waals surface area contributed by atoms with Gasteiger partial charge in [0, 0.05) is 24.1 Å². The van der Waals surface area contributed by atoms with Gasteiger partial charge in [-0.2, -0.15) is 11.8 Å². The topological polar surface area (TPSA) is 58.2 Å². The Labute approximate surface area is 102 Å². The predicted octanol–water partition coefficient (Wildman–Crippen LogP) is 0.577. The van der Waals surface area contributed by atoms with Crippen molar-refractivity contribution >= 4 is 21.8 Å². The van der Waals surface area contributed by atoms with Crippen molar-refractivity contribution < 1.29 is 8.42 Å². The molecule has 0 radical (unpaired) electrons. The van der Waals surface area contributed by atoms with Gasteiger partial charge in [0.1, 0.15) is 0 Å². The van der Waals surface area contributed by atoms with E-state index < -0.39 is 10.0 Å². The van der Waals surface area contributed by atoms with E-state index in [1.807, 2.05) is 6.08 Å². The van der Waals surface area contributed by atoms with Crippen LogP contribution in [-0.2, 0) is 10.0 Å². The fourth-order valence-corrected chi connectivity index (χ4v) is 3.71. The molecule has 1 atom stereocenters. The Morgan fingerprint density at radius 1 is 1.56 bits per heavy atom. The Morgan fingerprint density at radius 2 is 2.38 bits per heavy atom. The fraction of sp³-hybridized carbons (Fsp3) is 0.800. The SMILES string of the molecule is C=CCSCCNS(=O)(=O)CC1CCCN1. The van der Waals surface area contributed by atoms with Gasteiger partial charge in [-0.25, -0.2) is 13.1 Å². The van der Waals surface area contributed by atoms with Crippen LogP contribution in [0.2, 0.25) is 0 Å². The lowest BCUT2D eigenvalue weighted by molar-refractivity contribution is 0.566. The highest BCUT2D eigenvalue weighted by atomic mass is 32.2. The molecule has 1 saturated heterocycles. The molecule has 1 rings (SSSR count). The summed E-state index contributed by atoms with van der Waals surface area (Å²) >= 11 is 1.68. The molecule has 0 amide bonds. The minimum absolute atomic E-state index is 0.137. The van der Waals surface area contributed by atoms with Gasteiger partial charge in [0.05, 0.1) is 5.75 Å². The molecule has 1 heterocycles. The first kappa shape index (κ1) is 14.0. The first-order valence-electron chi connectivity index (χ1n) is 5.53. The maximum absolute atomic E-state index is 11.6. The fourth-order valence-electron chi connectivity index (χ4n) is 1.66. The summed E-state index contributed by atoms with van der Waals surface area (Å²) in [4.78, 5) is 0. The van der Waals surface area contributed by atoms with Crippen LogP contribution < -0.4 is 10.0 Å². The van der Waals surface area contributed by atoms with Gasteiger partial charge < -0.3 is 5.32 Å². The van der Waals surface area contributed by atoms with Crippen molar-refractivity contribution in [2.24, 2.45) is 0 Å².